The van der Waals surface area contributed by atoms with E-state index in [0.717, 1.165) is 10.9 Å². The van der Waals surface area contributed by atoms with Crippen molar-refractivity contribution in [1.29, 1.82) is 0 Å². The highest BCUT2D eigenvalue weighted by molar-refractivity contribution is 9.10. The van der Waals surface area contributed by atoms with Crippen LogP contribution in [-0.2, 0) is 7.05 Å². The normalized spacial score (nSPS) is 10.9. The zero-order valence-corrected chi connectivity index (χ0v) is 7.97. The van der Waals surface area contributed by atoms with Crippen LogP contribution in [0.5, 0.6) is 0 Å². The largest absolute Gasteiger partial charge is 0.275 e. The van der Waals surface area contributed by atoms with Crippen molar-refractivity contribution in [2.75, 3.05) is 0 Å². The minimum absolute atomic E-state index is 0.254. The smallest absolute Gasteiger partial charge is 0.138 e. The molecule has 0 unspecified atom stereocenters. The van der Waals surface area contributed by atoms with Gasteiger partial charge in [0.1, 0.15) is 5.82 Å². The van der Waals surface area contributed by atoms with E-state index in [0.29, 0.717) is 4.47 Å². The third-order valence-electron chi connectivity index (χ3n) is 1.66. The van der Waals surface area contributed by atoms with E-state index in [-0.39, 0.29) is 5.82 Å². The van der Waals surface area contributed by atoms with Gasteiger partial charge in [-0.05, 0) is 28.1 Å². The maximum absolute atomic E-state index is 13.0. The second-order valence-electron chi connectivity index (χ2n) is 2.63. The van der Waals surface area contributed by atoms with Gasteiger partial charge in [0.15, 0.2) is 0 Å². The lowest BCUT2D eigenvalue weighted by Gasteiger charge is -1.91. The van der Waals surface area contributed by atoms with Crippen LogP contribution in [0, 0.1) is 5.82 Å². The molecule has 0 saturated heterocycles. The van der Waals surface area contributed by atoms with Crippen LogP contribution in [0.4, 0.5) is 4.39 Å². The first kappa shape index (κ1) is 7.73. The van der Waals surface area contributed by atoms with Crippen LogP contribution in [0.15, 0.2) is 22.8 Å². The SMILES string of the molecule is Cn1cc2cc(F)c(Br)cc2n1. The molecule has 0 aliphatic rings. The van der Waals surface area contributed by atoms with Crippen molar-refractivity contribution in [2.45, 2.75) is 0 Å². The van der Waals surface area contributed by atoms with Gasteiger partial charge in [-0.1, -0.05) is 0 Å². The Kier molecular flexibility index (Phi) is 1.65. The lowest BCUT2D eigenvalue weighted by atomic mass is 10.2. The highest BCUT2D eigenvalue weighted by Crippen LogP contribution is 2.21. The third-order valence-corrected chi connectivity index (χ3v) is 2.27. The van der Waals surface area contributed by atoms with E-state index in [2.05, 4.69) is 21.0 Å². The first-order valence-corrected chi connectivity index (χ1v) is 4.24. The summed E-state index contributed by atoms with van der Waals surface area (Å²) in [5, 5.41) is 4.95. The van der Waals surface area contributed by atoms with Gasteiger partial charge in [-0.3, -0.25) is 4.68 Å². The molecule has 0 N–H and O–H groups in total. The molecular weight excluding hydrogens is 223 g/mol. The molecule has 0 atom stereocenters. The molecule has 12 heavy (non-hydrogen) atoms. The monoisotopic (exact) mass is 228 g/mol. The number of fused-ring (bicyclic) bond motifs is 1. The van der Waals surface area contributed by atoms with Crippen LogP contribution < -0.4 is 0 Å². The third kappa shape index (κ3) is 1.12. The highest BCUT2D eigenvalue weighted by atomic mass is 79.9. The van der Waals surface area contributed by atoms with Gasteiger partial charge in [0.25, 0.3) is 0 Å². The van der Waals surface area contributed by atoms with E-state index in [1.54, 1.807) is 16.9 Å². The second-order valence-corrected chi connectivity index (χ2v) is 3.48. The fourth-order valence-electron chi connectivity index (χ4n) is 1.14. The van der Waals surface area contributed by atoms with Gasteiger partial charge in [-0.2, -0.15) is 5.10 Å². The van der Waals surface area contributed by atoms with Gasteiger partial charge >= 0.3 is 0 Å². The number of rotatable bonds is 0. The number of aromatic nitrogens is 2. The number of nitrogens with zero attached hydrogens (tertiary/aromatic N) is 2. The second kappa shape index (κ2) is 2.55. The van der Waals surface area contributed by atoms with Crippen LogP contribution in [-0.4, -0.2) is 9.78 Å². The summed E-state index contributed by atoms with van der Waals surface area (Å²) in [6.45, 7) is 0. The van der Waals surface area contributed by atoms with Crippen LogP contribution in [0.25, 0.3) is 10.9 Å². The Labute approximate surface area is 77.1 Å². The summed E-state index contributed by atoms with van der Waals surface area (Å²) in [4.78, 5) is 0. The van der Waals surface area contributed by atoms with Crippen molar-refractivity contribution in [1.82, 2.24) is 9.78 Å². The van der Waals surface area contributed by atoms with Crippen molar-refractivity contribution in [3.05, 3.63) is 28.6 Å². The Morgan fingerprint density at radius 1 is 1.50 bits per heavy atom. The van der Waals surface area contributed by atoms with Gasteiger partial charge in [-0.25, -0.2) is 4.39 Å². The first-order valence-electron chi connectivity index (χ1n) is 3.45. The van der Waals surface area contributed by atoms with Gasteiger partial charge in [0.05, 0.1) is 9.99 Å². The Morgan fingerprint density at radius 3 is 3.00 bits per heavy atom. The number of hydrogen-bond donors (Lipinski definition) is 0. The number of halogens is 2. The molecule has 0 aliphatic carbocycles. The van der Waals surface area contributed by atoms with Gasteiger partial charge in [0.2, 0.25) is 0 Å². The van der Waals surface area contributed by atoms with Crippen molar-refractivity contribution >= 4 is 26.8 Å². The lowest BCUT2D eigenvalue weighted by Crippen LogP contribution is -1.84. The van der Waals surface area contributed by atoms with Crippen LogP contribution in [0.2, 0.25) is 0 Å². The molecule has 0 saturated carbocycles. The quantitative estimate of drug-likeness (QED) is 0.678. The molecule has 1 aromatic carbocycles. The minimum atomic E-state index is -0.254. The Morgan fingerprint density at radius 2 is 2.25 bits per heavy atom. The summed E-state index contributed by atoms with van der Waals surface area (Å²) in [5.74, 6) is -0.254. The van der Waals surface area contributed by atoms with Gasteiger partial charge < -0.3 is 0 Å². The zero-order chi connectivity index (χ0) is 8.72. The Hall–Kier alpha value is -0.900. The number of hydrogen-bond acceptors (Lipinski definition) is 1. The van der Waals surface area contributed by atoms with Crippen molar-refractivity contribution in [2.24, 2.45) is 7.05 Å². The van der Waals surface area contributed by atoms with E-state index in [1.165, 1.54) is 6.07 Å². The van der Waals surface area contributed by atoms with E-state index < -0.39 is 0 Å². The summed E-state index contributed by atoms with van der Waals surface area (Å²) < 4.78 is 15.1. The van der Waals surface area contributed by atoms with E-state index in [9.17, 15) is 4.39 Å². The molecule has 62 valence electrons. The van der Waals surface area contributed by atoms with Crippen molar-refractivity contribution < 1.29 is 4.39 Å². The fourth-order valence-corrected chi connectivity index (χ4v) is 1.47. The summed E-state index contributed by atoms with van der Waals surface area (Å²) in [6.07, 6.45) is 1.78. The molecule has 0 bridgehead atoms. The molecule has 0 spiro atoms. The summed E-state index contributed by atoms with van der Waals surface area (Å²) in [5.41, 5.74) is 0.797. The van der Waals surface area contributed by atoms with Crippen molar-refractivity contribution in [3.8, 4) is 0 Å². The summed E-state index contributed by atoms with van der Waals surface area (Å²) >= 11 is 3.10. The molecule has 2 nitrogen and oxygen atoms in total. The standard InChI is InChI=1S/C8H6BrFN2/c1-12-4-5-2-7(10)6(9)3-8(5)11-12/h2-4H,1H3. The number of aryl methyl sites for hydroxylation is 1. The molecule has 1 aromatic heterocycles. The van der Waals surface area contributed by atoms with E-state index in [4.69, 9.17) is 0 Å². The van der Waals surface area contributed by atoms with E-state index >= 15 is 0 Å². The van der Waals surface area contributed by atoms with Crippen LogP contribution >= 0.6 is 15.9 Å². The van der Waals surface area contributed by atoms with E-state index in [1.807, 2.05) is 7.05 Å². The number of benzene rings is 1. The molecule has 2 rings (SSSR count). The molecule has 0 radical (unpaired) electrons. The average Bonchev–Trinajstić information content (AvgIpc) is 2.30. The molecule has 0 amide bonds. The summed E-state index contributed by atoms with van der Waals surface area (Å²) in [6, 6.07) is 3.14. The predicted octanol–water partition coefficient (Wildman–Crippen LogP) is 2.47. The molecule has 0 aliphatic heterocycles. The average molecular weight is 229 g/mol. The Balaban J connectivity index is 2.83. The molecule has 0 fully saturated rings. The van der Waals surface area contributed by atoms with Gasteiger partial charge in [0, 0.05) is 18.6 Å². The molecule has 2 aromatic rings. The van der Waals surface area contributed by atoms with Crippen LogP contribution in [0.1, 0.15) is 0 Å². The highest BCUT2D eigenvalue weighted by Gasteiger charge is 2.03. The molecular formula is C8H6BrFN2. The van der Waals surface area contributed by atoms with Gasteiger partial charge in [-0.15, -0.1) is 0 Å². The molecule has 4 heteroatoms. The first-order chi connectivity index (χ1) is 5.66. The maximum atomic E-state index is 13.0. The van der Waals surface area contributed by atoms with Crippen molar-refractivity contribution in [3.63, 3.8) is 0 Å². The fraction of sp³-hybridized carbons (Fsp3) is 0.125. The topological polar surface area (TPSA) is 17.8 Å². The van der Waals surface area contributed by atoms with Crippen LogP contribution in [0.3, 0.4) is 0 Å². The predicted molar refractivity (Wildman–Crippen MR) is 48.4 cm³/mol. The molecule has 1 heterocycles. The Bertz CT molecular complexity index is 397. The zero-order valence-electron chi connectivity index (χ0n) is 6.38. The summed E-state index contributed by atoms with van der Waals surface area (Å²) in [7, 11) is 1.81. The lowest BCUT2D eigenvalue weighted by molar-refractivity contribution is 0.623. The maximum Gasteiger partial charge on any atom is 0.138 e. The minimum Gasteiger partial charge on any atom is -0.275 e.